The summed E-state index contributed by atoms with van der Waals surface area (Å²) in [5, 5.41) is 0. The average molecular weight is 228 g/mol. The topological polar surface area (TPSA) is 64.3 Å². The van der Waals surface area contributed by atoms with Gasteiger partial charge in [0.1, 0.15) is 0 Å². The molecule has 4 nitrogen and oxygen atoms in total. The summed E-state index contributed by atoms with van der Waals surface area (Å²) < 4.78 is 5.01. The molecule has 1 fully saturated rings. The maximum atomic E-state index is 10.8. The summed E-state index contributed by atoms with van der Waals surface area (Å²) in [4.78, 5) is 10.8. The molecule has 0 saturated heterocycles. The Morgan fingerprint density at radius 1 is 1.44 bits per heavy atom. The minimum Gasteiger partial charge on any atom is -0.448 e. The van der Waals surface area contributed by atoms with Crippen LogP contribution in [0.15, 0.2) is 0 Å². The normalized spacial score (nSPS) is 25.1. The van der Waals surface area contributed by atoms with Crippen LogP contribution in [0.1, 0.15) is 51.9 Å². The van der Waals surface area contributed by atoms with Gasteiger partial charge in [-0.3, -0.25) is 5.43 Å². The van der Waals surface area contributed by atoms with Crippen molar-refractivity contribution in [3.8, 4) is 0 Å². The van der Waals surface area contributed by atoms with E-state index in [-0.39, 0.29) is 0 Å². The first kappa shape index (κ1) is 13.3. The molecular weight excluding hydrogens is 204 g/mol. The highest BCUT2D eigenvalue weighted by Crippen LogP contribution is 2.32. The summed E-state index contributed by atoms with van der Waals surface area (Å²) in [7, 11) is 0. The van der Waals surface area contributed by atoms with Crippen molar-refractivity contribution < 1.29 is 9.53 Å². The fourth-order valence-corrected chi connectivity index (χ4v) is 2.54. The van der Waals surface area contributed by atoms with Crippen molar-refractivity contribution in [1.82, 2.24) is 5.43 Å². The first-order valence-electron chi connectivity index (χ1n) is 6.39. The Hall–Kier alpha value is -0.770. The number of hydrazine groups is 1. The number of carbonyl (C=O) groups is 1. The smallest absolute Gasteiger partial charge is 0.421 e. The highest BCUT2D eigenvalue weighted by molar-refractivity contribution is 5.66. The quantitative estimate of drug-likeness (QED) is 0.432. The number of hydrogen-bond donors (Lipinski definition) is 2. The molecular formula is C12H24N2O2. The number of hydrogen-bond acceptors (Lipinski definition) is 3. The second-order valence-corrected chi connectivity index (χ2v) is 4.78. The van der Waals surface area contributed by atoms with E-state index in [1.165, 1.54) is 44.9 Å². The van der Waals surface area contributed by atoms with Crippen LogP contribution in [0.2, 0.25) is 0 Å². The SMILES string of the molecule is CCCCC1CCCC(COC(=O)NN)C1. The molecule has 94 valence electrons. The van der Waals surface area contributed by atoms with Crippen LogP contribution in [-0.4, -0.2) is 12.7 Å². The summed E-state index contributed by atoms with van der Waals surface area (Å²) in [5.41, 5.74) is 1.99. The number of rotatable bonds is 5. The van der Waals surface area contributed by atoms with Crippen molar-refractivity contribution in [2.24, 2.45) is 17.7 Å². The molecule has 0 heterocycles. The van der Waals surface area contributed by atoms with Gasteiger partial charge in [-0.1, -0.05) is 39.0 Å². The van der Waals surface area contributed by atoms with Crippen LogP contribution in [0.3, 0.4) is 0 Å². The lowest BCUT2D eigenvalue weighted by Gasteiger charge is -2.28. The van der Waals surface area contributed by atoms with Crippen molar-refractivity contribution >= 4 is 6.09 Å². The summed E-state index contributed by atoms with van der Waals surface area (Å²) >= 11 is 0. The van der Waals surface area contributed by atoms with Crippen LogP contribution < -0.4 is 11.3 Å². The Kier molecular flexibility index (Phi) is 6.23. The zero-order valence-electron chi connectivity index (χ0n) is 10.2. The average Bonchev–Trinajstić information content (AvgIpc) is 2.34. The van der Waals surface area contributed by atoms with Gasteiger partial charge in [-0.2, -0.15) is 0 Å². The Balaban J connectivity index is 2.19. The van der Waals surface area contributed by atoms with E-state index in [9.17, 15) is 4.79 Å². The molecule has 2 atom stereocenters. The summed E-state index contributed by atoms with van der Waals surface area (Å²) in [6.07, 6.45) is 8.41. The predicted molar refractivity (Wildman–Crippen MR) is 63.6 cm³/mol. The van der Waals surface area contributed by atoms with E-state index in [4.69, 9.17) is 10.6 Å². The Morgan fingerprint density at radius 2 is 2.19 bits per heavy atom. The summed E-state index contributed by atoms with van der Waals surface area (Å²) in [5.74, 6) is 6.33. The first-order chi connectivity index (χ1) is 7.76. The maximum Gasteiger partial charge on any atom is 0.421 e. The van der Waals surface area contributed by atoms with Crippen molar-refractivity contribution in [1.29, 1.82) is 0 Å². The Bertz CT molecular complexity index is 209. The lowest BCUT2D eigenvalue weighted by atomic mass is 9.79. The molecule has 0 spiro atoms. The third kappa shape index (κ3) is 4.84. The maximum absolute atomic E-state index is 10.8. The molecule has 0 radical (unpaired) electrons. The molecule has 0 aliphatic heterocycles. The molecule has 1 saturated carbocycles. The molecule has 0 aromatic heterocycles. The van der Waals surface area contributed by atoms with E-state index in [1.807, 2.05) is 5.43 Å². The van der Waals surface area contributed by atoms with Crippen LogP contribution in [-0.2, 0) is 4.74 Å². The number of carbonyl (C=O) groups excluding carboxylic acids is 1. The third-order valence-corrected chi connectivity index (χ3v) is 3.43. The van der Waals surface area contributed by atoms with Crippen LogP contribution >= 0.6 is 0 Å². The molecule has 4 heteroatoms. The molecule has 16 heavy (non-hydrogen) atoms. The molecule has 1 rings (SSSR count). The van der Waals surface area contributed by atoms with E-state index in [0.29, 0.717) is 12.5 Å². The van der Waals surface area contributed by atoms with Crippen molar-refractivity contribution in [2.75, 3.05) is 6.61 Å². The number of ether oxygens (including phenoxy) is 1. The molecule has 0 aromatic carbocycles. The number of unbranched alkanes of at least 4 members (excludes halogenated alkanes) is 1. The van der Waals surface area contributed by atoms with Crippen LogP contribution in [0.5, 0.6) is 0 Å². The fraction of sp³-hybridized carbons (Fsp3) is 0.917. The molecule has 0 aromatic rings. The van der Waals surface area contributed by atoms with E-state index < -0.39 is 6.09 Å². The zero-order valence-corrected chi connectivity index (χ0v) is 10.2. The second kappa shape index (κ2) is 7.49. The minimum absolute atomic E-state index is 0.518. The van der Waals surface area contributed by atoms with E-state index in [2.05, 4.69) is 6.92 Å². The predicted octanol–water partition coefficient (Wildman–Crippen LogP) is 2.58. The van der Waals surface area contributed by atoms with Gasteiger partial charge < -0.3 is 4.74 Å². The van der Waals surface area contributed by atoms with Crippen molar-refractivity contribution in [3.05, 3.63) is 0 Å². The Morgan fingerprint density at radius 3 is 2.88 bits per heavy atom. The van der Waals surface area contributed by atoms with Gasteiger partial charge in [-0.25, -0.2) is 10.6 Å². The van der Waals surface area contributed by atoms with Crippen LogP contribution in [0.25, 0.3) is 0 Å². The molecule has 1 aliphatic carbocycles. The molecule has 1 aliphatic rings. The third-order valence-electron chi connectivity index (χ3n) is 3.43. The molecule has 3 N–H and O–H groups in total. The van der Waals surface area contributed by atoms with Gasteiger partial charge in [-0.15, -0.1) is 0 Å². The summed E-state index contributed by atoms with van der Waals surface area (Å²) in [6, 6.07) is 0. The number of nitrogens with one attached hydrogen (secondary N) is 1. The first-order valence-corrected chi connectivity index (χ1v) is 6.39. The monoisotopic (exact) mass is 228 g/mol. The van der Waals surface area contributed by atoms with Crippen LogP contribution in [0.4, 0.5) is 4.79 Å². The van der Waals surface area contributed by atoms with E-state index in [0.717, 1.165) is 5.92 Å². The second-order valence-electron chi connectivity index (χ2n) is 4.78. The highest BCUT2D eigenvalue weighted by atomic mass is 16.5. The van der Waals surface area contributed by atoms with Crippen LogP contribution in [0, 0.1) is 11.8 Å². The molecule has 2 unspecified atom stereocenters. The standard InChI is InChI=1S/C12H24N2O2/c1-2-3-5-10-6-4-7-11(8-10)9-16-12(15)14-13/h10-11H,2-9,13H2,1H3,(H,14,15). The molecule has 0 bridgehead atoms. The van der Waals surface area contributed by atoms with Gasteiger partial charge in [0.05, 0.1) is 6.61 Å². The van der Waals surface area contributed by atoms with Gasteiger partial charge in [0.2, 0.25) is 0 Å². The van der Waals surface area contributed by atoms with Gasteiger partial charge in [0.15, 0.2) is 0 Å². The largest absolute Gasteiger partial charge is 0.448 e. The number of amides is 1. The van der Waals surface area contributed by atoms with Gasteiger partial charge in [-0.05, 0) is 24.7 Å². The van der Waals surface area contributed by atoms with Crippen molar-refractivity contribution in [3.63, 3.8) is 0 Å². The van der Waals surface area contributed by atoms with Gasteiger partial charge in [0.25, 0.3) is 0 Å². The fourth-order valence-electron chi connectivity index (χ4n) is 2.54. The van der Waals surface area contributed by atoms with Gasteiger partial charge >= 0.3 is 6.09 Å². The Labute approximate surface area is 97.9 Å². The minimum atomic E-state index is -0.518. The number of nitrogens with two attached hydrogens (primary N) is 1. The highest BCUT2D eigenvalue weighted by Gasteiger charge is 2.22. The lowest BCUT2D eigenvalue weighted by Crippen LogP contribution is -2.32. The summed E-state index contributed by atoms with van der Waals surface area (Å²) in [6.45, 7) is 2.75. The van der Waals surface area contributed by atoms with E-state index >= 15 is 0 Å². The van der Waals surface area contributed by atoms with E-state index in [1.54, 1.807) is 0 Å². The molecule has 1 amide bonds. The van der Waals surface area contributed by atoms with Gasteiger partial charge in [0, 0.05) is 0 Å². The zero-order chi connectivity index (χ0) is 11.8. The lowest BCUT2D eigenvalue weighted by molar-refractivity contribution is 0.104. The van der Waals surface area contributed by atoms with Crippen molar-refractivity contribution in [2.45, 2.75) is 51.9 Å².